The number of halogens is 2. The van der Waals surface area contributed by atoms with Gasteiger partial charge in [-0.3, -0.25) is 0 Å². The zero-order valence-electron chi connectivity index (χ0n) is 16.0. The van der Waals surface area contributed by atoms with Crippen molar-refractivity contribution in [2.75, 3.05) is 13.7 Å². The summed E-state index contributed by atoms with van der Waals surface area (Å²) < 4.78 is 38.3. The smallest absolute Gasteiger partial charge is 0.318 e. The fourth-order valence-electron chi connectivity index (χ4n) is 2.88. The van der Waals surface area contributed by atoms with Crippen molar-refractivity contribution in [1.29, 1.82) is 0 Å². The van der Waals surface area contributed by atoms with Crippen molar-refractivity contribution >= 4 is 17.0 Å². The van der Waals surface area contributed by atoms with Crippen LogP contribution in [0.25, 0.3) is 11.0 Å². The Bertz CT molecular complexity index is 987. The molecule has 0 aliphatic rings. The van der Waals surface area contributed by atoms with Crippen LogP contribution in [0.2, 0.25) is 0 Å². The van der Waals surface area contributed by atoms with Crippen molar-refractivity contribution in [2.24, 2.45) is 0 Å². The van der Waals surface area contributed by atoms with E-state index in [4.69, 9.17) is 9.15 Å². The number of para-hydroxylation sites is 1. The Kier molecular flexibility index (Phi) is 5.82. The number of rotatable bonds is 6. The maximum absolute atomic E-state index is 13.8. The van der Waals surface area contributed by atoms with Gasteiger partial charge in [-0.2, -0.15) is 0 Å². The molecule has 1 atom stereocenters. The van der Waals surface area contributed by atoms with Crippen LogP contribution in [-0.4, -0.2) is 24.6 Å². The standard InChI is InChI=1S/C21H22F2N2O3/c1-4-27-18-7-5-6-14-10-19(28-20(14)18)13(2)24-21(26)25(3)12-15-8-9-16(22)11-17(15)23/h5-11,13H,4,12H2,1-3H3,(H,24,26). The average molecular weight is 388 g/mol. The van der Waals surface area contributed by atoms with E-state index in [0.717, 1.165) is 17.5 Å². The number of carbonyl (C=O) groups is 1. The van der Waals surface area contributed by atoms with Crippen molar-refractivity contribution in [3.05, 3.63) is 65.4 Å². The second-order valence-corrected chi connectivity index (χ2v) is 6.52. The summed E-state index contributed by atoms with van der Waals surface area (Å²) in [6.07, 6.45) is 0. The molecule has 148 valence electrons. The zero-order valence-corrected chi connectivity index (χ0v) is 16.0. The van der Waals surface area contributed by atoms with Gasteiger partial charge in [0.2, 0.25) is 0 Å². The molecule has 1 unspecified atom stereocenters. The molecule has 0 radical (unpaired) electrons. The first-order chi connectivity index (χ1) is 13.4. The van der Waals surface area contributed by atoms with Gasteiger partial charge in [-0.15, -0.1) is 0 Å². The molecule has 0 bridgehead atoms. The Morgan fingerprint density at radius 2 is 2.04 bits per heavy atom. The van der Waals surface area contributed by atoms with E-state index in [2.05, 4.69) is 5.32 Å². The highest BCUT2D eigenvalue weighted by Crippen LogP contribution is 2.31. The van der Waals surface area contributed by atoms with Crippen molar-refractivity contribution < 1.29 is 22.7 Å². The Hall–Kier alpha value is -3.09. The number of fused-ring (bicyclic) bond motifs is 1. The number of benzene rings is 2. The molecule has 0 fully saturated rings. The summed E-state index contributed by atoms with van der Waals surface area (Å²) in [5.41, 5.74) is 0.860. The minimum absolute atomic E-state index is 0.0132. The average Bonchev–Trinajstić information content (AvgIpc) is 3.09. The zero-order chi connectivity index (χ0) is 20.3. The van der Waals surface area contributed by atoms with E-state index in [-0.39, 0.29) is 12.1 Å². The van der Waals surface area contributed by atoms with Crippen molar-refractivity contribution in [3.63, 3.8) is 0 Å². The lowest BCUT2D eigenvalue weighted by Crippen LogP contribution is -2.38. The van der Waals surface area contributed by atoms with Crippen LogP contribution in [0.1, 0.15) is 31.2 Å². The number of hydrogen-bond acceptors (Lipinski definition) is 3. The van der Waals surface area contributed by atoms with E-state index in [1.165, 1.54) is 18.0 Å². The monoisotopic (exact) mass is 388 g/mol. The van der Waals surface area contributed by atoms with Gasteiger partial charge in [-0.25, -0.2) is 13.6 Å². The number of nitrogens with one attached hydrogen (secondary N) is 1. The molecule has 1 heterocycles. The van der Waals surface area contributed by atoms with E-state index in [0.29, 0.717) is 23.7 Å². The second-order valence-electron chi connectivity index (χ2n) is 6.52. The molecule has 0 aliphatic carbocycles. The molecule has 1 aromatic heterocycles. The number of amides is 2. The molecular weight excluding hydrogens is 366 g/mol. The highest BCUT2D eigenvalue weighted by molar-refractivity contribution is 5.84. The van der Waals surface area contributed by atoms with Gasteiger partial charge in [-0.05, 0) is 32.0 Å². The molecule has 28 heavy (non-hydrogen) atoms. The minimum atomic E-state index is -0.687. The van der Waals surface area contributed by atoms with Gasteiger partial charge < -0.3 is 19.4 Å². The van der Waals surface area contributed by atoms with Crippen LogP contribution in [0.4, 0.5) is 13.6 Å². The minimum Gasteiger partial charge on any atom is -0.490 e. The molecule has 1 N–H and O–H groups in total. The third-order valence-corrected chi connectivity index (χ3v) is 4.36. The normalized spacial score (nSPS) is 12.0. The molecule has 0 spiro atoms. The predicted octanol–water partition coefficient (Wildman–Crippen LogP) is 5.01. The van der Waals surface area contributed by atoms with Gasteiger partial charge in [0.05, 0.1) is 12.6 Å². The number of nitrogens with zero attached hydrogens (tertiary/aromatic N) is 1. The Morgan fingerprint density at radius 1 is 1.25 bits per heavy atom. The maximum atomic E-state index is 13.8. The van der Waals surface area contributed by atoms with Crippen LogP contribution < -0.4 is 10.1 Å². The maximum Gasteiger partial charge on any atom is 0.318 e. The van der Waals surface area contributed by atoms with Gasteiger partial charge in [0.1, 0.15) is 17.4 Å². The quantitative estimate of drug-likeness (QED) is 0.646. The summed E-state index contributed by atoms with van der Waals surface area (Å²) in [4.78, 5) is 13.8. The van der Waals surface area contributed by atoms with Crippen LogP contribution in [0.5, 0.6) is 5.75 Å². The molecule has 3 rings (SSSR count). The van der Waals surface area contributed by atoms with E-state index < -0.39 is 23.7 Å². The molecule has 0 aliphatic heterocycles. The summed E-state index contributed by atoms with van der Waals surface area (Å²) in [7, 11) is 1.54. The third kappa shape index (κ3) is 4.24. The number of furan rings is 1. The van der Waals surface area contributed by atoms with Gasteiger partial charge in [0.25, 0.3) is 0 Å². The summed E-state index contributed by atoms with van der Waals surface area (Å²) in [6.45, 7) is 4.22. The van der Waals surface area contributed by atoms with E-state index in [9.17, 15) is 13.6 Å². The molecule has 3 aromatic rings. The number of hydrogen-bond donors (Lipinski definition) is 1. The lowest BCUT2D eigenvalue weighted by molar-refractivity contribution is 0.201. The van der Waals surface area contributed by atoms with Crippen LogP contribution in [0.3, 0.4) is 0 Å². The van der Waals surface area contributed by atoms with Gasteiger partial charge in [-0.1, -0.05) is 18.2 Å². The molecular formula is C21H22F2N2O3. The molecule has 5 nitrogen and oxygen atoms in total. The van der Waals surface area contributed by atoms with Gasteiger partial charge >= 0.3 is 6.03 Å². The highest BCUT2D eigenvalue weighted by Gasteiger charge is 2.19. The van der Waals surface area contributed by atoms with Crippen LogP contribution in [0, 0.1) is 11.6 Å². The summed E-state index contributed by atoms with van der Waals surface area (Å²) in [5.74, 6) is -0.114. The molecule has 0 saturated carbocycles. The number of ether oxygens (including phenoxy) is 1. The first kappa shape index (κ1) is 19.7. The van der Waals surface area contributed by atoms with Crippen molar-refractivity contribution in [3.8, 4) is 5.75 Å². The lowest BCUT2D eigenvalue weighted by atomic mass is 10.2. The summed E-state index contributed by atoms with van der Waals surface area (Å²) in [6, 6.07) is 9.94. The van der Waals surface area contributed by atoms with Crippen LogP contribution in [0.15, 0.2) is 46.9 Å². The Labute approximate surface area is 161 Å². The lowest BCUT2D eigenvalue weighted by Gasteiger charge is -2.20. The molecule has 2 amide bonds. The van der Waals surface area contributed by atoms with E-state index >= 15 is 0 Å². The highest BCUT2D eigenvalue weighted by atomic mass is 19.1. The van der Waals surface area contributed by atoms with Crippen LogP contribution in [-0.2, 0) is 6.54 Å². The number of urea groups is 1. The summed E-state index contributed by atoms with van der Waals surface area (Å²) in [5, 5.41) is 3.69. The molecule has 7 heteroatoms. The first-order valence-corrected chi connectivity index (χ1v) is 8.99. The largest absolute Gasteiger partial charge is 0.490 e. The fourth-order valence-corrected chi connectivity index (χ4v) is 2.88. The second kappa shape index (κ2) is 8.29. The predicted molar refractivity (Wildman–Crippen MR) is 102 cm³/mol. The van der Waals surface area contributed by atoms with E-state index in [1.54, 1.807) is 6.92 Å². The third-order valence-electron chi connectivity index (χ3n) is 4.36. The van der Waals surface area contributed by atoms with E-state index in [1.807, 2.05) is 31.2 Å². The summed E-state index contributed by atoms with van der Waals surface area (Å²) >= 11 is 0. The fraction of sp³-hybridized carbons (Fsp3) is 0.286. The SMILES string of the molecule is CCOc1cccc2cc(C(C)NC(=O)N(C)Cc3ccc(F)cc3F)oc12. The van der Waals surface area contributed by atoms with Gasteiger partial charge in [0.15, 0.2) is 11.3 Å². The first-order valence-electron chi connectivity index (χ1n) is 8.99. The van der Waals surface area contributed by atoms with Crippen molar-refractivity contribution in [2.45, 2.75) is 26.4 Å². The molecule has 2 aromatic carbocycles. The Morgan fingerprint density at radius 3 is 2.75 bits per heavy atom. The Balaban J connectivity index is 1.69. The number of carbonyl (C=O) groups excluding carboxylic acids is 1. The van der Waals surface area contributed by atoms with Crippen LogP contribution >= 0.6 is 0 Å². The molecule has 0 saturated heterocycles. The van der Waals surface area contributed by atoms with Gasteiger partial charge in [0, 0.05) is 30.6 Å². The topological polar surface area (TPSA) is 54.7 Å². The van der Waals surface area contributed by atoms with Crippen molar-refractivity contribution in [1.82, 2.24) is 10.2 Å².